The number of anilines is 3. The fraction of sp³-hybridized carbons (Fsp3) is 0.312. The Kier molecular flexibility index (Phi) is 4.12. The second-order valence-corrected chi connectivity index (χ2v) is 5.39. The number of imidazole rings is 1. The van der Waals surface area contributed by atoms with E-state index >= 15 is 0 Å². The van der Waals surface area contributed by atoms with Crippen molar-refractivity contribution in [3.05, 3.63) is 35.7 Å². The van der Waals surface area contributed by atoms with E-state index in [2.05, 4.69) is 46.2 Å². The first-order valence-electron chi connectivity index (χ1n) is 7.58. The number of aryl methyl sites for hydroxylation is 2. The molecule has 0 radical (unpaired) electrons. The quantitative estimate of drug-likeness (QED) is 0.666. The number of nitrogens with two attached hydrogens (primary N) is 1. The van der Waals surface area contributed by atoms with E-state index in [1.807, 2.05) is 6.07 Å². The molecule has 0 saturated carbocycles. The molecule has 0 saturated heterocycles. The number of nitrogen functional groups attached to an aromatic ring is 1. The Morgan fingerprint density at radius 3 is 2.87 bits per heavy atom. The smallest absolute Gasteiger partial charge is 0.231 e. The molecule has 23 heavy (non-hydrogen) atoms. The van der Waals surface area contributed by atoms with Gasteiger partial charge in [-0.2, -0.15) is 9.97 Å². The molecule has 3 aromatic rings. The number of benzene rings is 1. The molecule has 0 amide bonds. The molecular formula is C16H20N6O. The van der Waals surface area contributed by atoms with Crippen LogP contribution in [0.1, 0.15) is 18.1 Å². The summed E-state index contributed by atoms with van der Waals surface area (Å²) >= 11 is 0. The minimum Gasteiger partial charge on any atom is -0.395 e. The van der Waals surface area contributed by atoms with E-state index < -0.39 is 0 Å². The van der Waals surface area contributed by atoms with E-state index in [9.17, 15) is 0 Å². The van der Waals surface area contributed by atoms with Gasteiger partial charge in [0.1, 0.15) is 5.52 Å². The van der Waals surface area contributed by atoms with Crippen LogP contribution in [0.5, 0.6) is 0 Å². The third-order valence-electron chi connectivity index (χ3n) is 3.82. The molecule has 0 aliphatic carbocycles. The fourth-order valence-corrected chi connectivity index (χ4v) is 2.55. The number of aliphatic hydroxyl groups excluding tert-OH is 1. The fourth-order valence-electron chi connectivity index (χ4n) is 2.55. The van der Waals surface area contributed by atoms with Gasteiger partial charge in [0.05, 0.1) is 12.9 Å². The number of nitrogens with one attached hydrogen (secondary N) is 1. The topological polar surface area (TPSA) is 102 Å². The van der Waals surface area contributed by atoms with Gasteiger partial charge in [-0.1, -0.05) is 13.0 Å². The van der Waals surface area contributed by atoms with Crippen LogP contribution in [0.4, 0.5) is 17.5 Å². The summed E-state index contributed by atoms with van der Waals surface area (Å²) in [5.41, 5.74) is 10.6. The predicted molar refractivity (Wildman–Crippen MR) is 90.7 cm³/mol. The Morgan fingerprint density at radius 2 is 2.13 bits per heavy atom. The van der Waals surface area contributed by atoms with Crippen molar-refractivity contribution in [3.8, 4) is 0 Å². The summed E-state index contributed by atoms with van der Waals surface area (Å²) in [5.74, 6) is 0.734. The third kappa shape index (κ3) is 2.95. The number of hydrogen-bond acceptors (Lipinski definition) is 6. The van der Waals surface area contributed by atoms with Gasteiger partial charge >= 0.3 is 0 Å². The minimum atomic E-state index is 0.00987. The molecule has 3 rings (SSSR count). The highest BCUT2D eigenvalue weighted by Crippen LogP contribution is 2.22. The Balaban J connectivity index is 1.98. The zero-order valence-electron chi connectivity index (χ0n) is 13.2. The van der Waals surface area contributed by atoms with Gasteiger partial charge < -0.3 is 20.7 Å². The monoisotopic (exact) mass is 312 g/mol. The van der Waals surface area contributed by atoms with Crippen LogP contribution in [0.15, 0.2) is 24.5 Å². The zero-order valence-corrected chi connectivity index (χ0v) is 13.2. The van der Waals surface area contributed by atoms with E-state index in [0.29, 0.717) is 29.5 Å². The molecule has 2 aromatic heterocycles. The molecule has 0 aliphatic heterocycles. The first kappa shape index (κ1) is 15.2. The van der Waals surface area contributed by atoms with Crippen molar-refractivity contribution in [1.29, 1.82) is 0 Å². The van der Waals surface area contributed by atoms with E-state index in [0.717, 1.165) is 12.1 Å². The Hall–Kier alpha value is -2.67. The highest BCUT2D eigenvalue weighted by Gasteiger charge is 2.11. The molecule has 4 N–H and O–H groups in total. The maximum Gasteiger partial charge on any atom is 0.231 e. The highest BCUT2D eigenvalue weighted by molar-refractivity contribution is 5.83. The molecule has 7 heteroatoms. The summed E-state index contributed by atoms with van der Waals surface area (Å²) in [4.78, 5) is 12.9. The van der Waals surface area contributed by atoms with Crippen molar-refractivity contribution in [2.45, 2.75) is 26.8 Å². The van der Waals surface area contributed by atoms with Gasteiger partial charge in [-0.15, -0.1) is 0 Å². The maximum atomic E-state index is 9.12. The zero-order chi connectivity index (χ0) is 16.4. The lowest BCUT2D eigenvalue weighted by molar-refractivity contribution is 0.277. The molecule has 0 unspecified atom stereocenters. The molecule has 0 atom stereocenters. The second-order valence-electron chi connectivity index (χ2n) is 5.39. The summed E-state index contributed by atoms with van der Waals surface area (Å²) < 4.78 is 1.76. The lowest BCUT2D eigenvalue weighted by Crippen LogP contribution is -2.06. The molecule has 0 aliphatic rings. The number of hydrogen-bond donors (Lipinski definition) is 3. The SMILES string of the molecule is CCc1cc(Nc2nc(N)c3ncn(CCO)c3n2)ccc1C. The Bertz CT molecular complexity index is 842. The van der Waals surface area contributed by atoms with Crippen molar-refractivity contribution < 1.29 is 5.11 Å². The maximum absolute atomic E-state index is 9.12. The number of fused-ring (bicyclic) bond motifs is 1. The number of aliphatic hydroxyl groups is 1. The van der Waals surface area contributed by atoms with Crippen LogP contribution in [0.3, 0.4) is 0 Å². The van der Waals surface area contributed by atoms with Crippen LogP contribution in [0.2, 0.25) is 0 Å². The molecule has 7 nitrogen and oxygen atoms in total. The highest BCUT2D eigenvalue weighted by atomic mass is 16.3. The van der Waals surface area contributed by atoms with Crippen LogP contribution >= 0.6 is 0 Å². The van der Waals surface area contributed by atoms with Crippen LogP contribution in [-0.4, -0.2) is 31.2 Å². The van der Waals surface area contributed by atoms with Crippen molar-refractivity contribution >= 4 is 28.6 Å². The number of aromatic nitrogens is 4. The van der Waals surface area contributed by atoms with E-state index in [1.165, 1.54) is 11.1 Å². The lowest BCUT2D eigenvalue weighted by Gasteiger charge is -2.10. The average Bonchev–Trinajstić information content (AvgIpc) is 2.93. The van der Waals surface area contributed by atoms with Crippen LogP contribution in [0.25, 0.3) is 11.2 Å². The number of nitrogens with zero attached hydrogens (tertiary/aromatic N) is 4. The van der Waals surface area contributed by atoms with E-state index in [4.69, 9.17) is 10.8 Å². The van der Waals surface area contributed by atoms with Crippen molar-refractivity contribution in [2.24, 2.45) is 0 Å². The van der Waals surface area contributed by atoms with Gasteiger partial charge in [0.15, 0.2) is 11.5 Å². The average molecular weight is 312 g/mol. The first-order chi connectivity index (χ1) is 11.1. The van der Waals surface area contributed by atoms with Gasteiger partial charge in [-0.3, -0.25) is 0 Å². The lowest BCUT2D eigenvalue weighted by atomic mass is 10.1. The van der Waals surface area contributed by atoms with Crippen molar-refractivity contribution in [3.63, 3.8) is 0 Å². The van der Waals surface area contributed by atoms with Crippen LogP contribution in [0, 0.1) is 6.92 Å². The van der Waals surface area contributed by atoms with Gasteiger partial charge in [0.2, 0.25) is 5.95 Å². The molecular weight excluding hydrogens is 292 g/mol. The molecule has 1 aromatic carbocycles. The first-order valence-corrected chi connectivity index (χ1v) is 7.58. The van der Waals surface area contributed by atoms with Gasteiger partial charge in [0, 0.05) is 12.2 Å². The Labute approximate surface area is 134 Å². The van der Waals surface area contributed by atoms with Crippen molar-refractivity contribution in [2.75, 3.05) is 17.7 Å². The third-order valence-corrected chi connectivity index (χ3v) is 3.82. The van der Waals surface area contributed by atoms with Crippen LogP contribution < -0.4 is 11.1 Å². The summed E-state index contributed by atoms with van der Waals surface area (Å²) in [6.45, 7) is 4.64. The van der Waals surface area contributed by atoms with Crippen molar-refractivity contribution in [1.82, 2.24) is 19.5 Å². The molecule has 0 fully saturated rings. The Morgan fingerprint density at radius 1 is 1.30 bits per heavy atom. The summed E-state index contributed by atoms with van der Waals surface area (Å²) in [6.07, 6.45) is 2.57. The summed E-state index contributed by atoms with van der Waals surface area (Å²) in [6, 6.07) is 6.15. The van der Waals surface area contributed by atoms with E-state index in [1.54, 1.807) is 10.9 Å². The summed E-state index contributed by atoms with van der Waals surface area (Å²) in [5, 5.41) is 12.3. The van der Waals surface area contributed by atoms with E-state index in [-0.39, 0.29) is 6.61 Å². The largest absolute Gasteiger partial charge is 0.395 e. The van der Waals surface area contributed by atoms with Crippen LogP contribution in [-0.2, 0) is 13.0 Å². The van der Waals surface area contributed by atoms with Gasteiger partial charge in [0.25, 0.3) is 0 Å². The standard InChI is InChI=1S/C16H20N6O/c1-3-11-8-12(5-4-10(11)2)19-16-20-14(17)13-15(21-16)22(6-7-23)9-18-13/h4-5,8-9,23H,3,6-7H2,1-2H3,(H3,17,19,20,21). The van der Waals surface area contributed by atoms with Gasteiger partial charge in [-0.05, 0) is 36.6 Å². The summed E-state index contributed by atoms with van der Waals surface area (Å²) in [7, 11) is 0. The van der Waals surface area contributed by atoms with Gasteiger partial charge in [-0.25, -0.2) is 4.98 Å². The predicted octanol–water partition coefficient (Wildman–Crippen LogP) is 2.02. The molecule has 120 valence electrons. The minimum absolute atomic E-state index is 0.00987. The number of rotatable bonds is 5. The molecule has 0 bridgehead atoms. The molecule has 0 spiro atoms. The molecule has 2 heterocycles. The second kappa shape index (κ2) is 6.21. The normalized spacial score (nSPS) is 11.1.